The molecule has 0 spiro atoms. The Morgan fingerprint density at radius 2 is 2.38 bits per heavy atom. The Morgan fingerprint density at radius 3 is 3.10 bits per heavy atom. The minimum Gasteiger partial charge on any atom is -0.369 e. The van der Waals surface area contributed by atoms with Crippen molar-refractivity contribution in [3.63, 3.8) is 0 Å². The second-order valence-electron chi connectivity index (χ2n) is 5.10. The lowest BCUT2D eigenvalue weighted by Gasteiger charge is -2.33. The van der Waals surface area contributed by atoms with E-state index in [0.29, 0.717) is 13.1 Å². The number of piperidine rings is 1. The van der Waals surface area contributed by atoms with E-state index in [4.69, 9.17) is 5.73 Å². The lowest BCUT2D eigenvalue weighted by Crippen LogP contribution is -2.42. The predicted octanol–water partition coefficient (Wildman–Crippen LogP) is 0.585. The van der Waals surface area contributed by atoms with Gasteiger partial charge in [0.15, 0.2) is 0 Å². The Kier molecular flexibility index (Phi) is 4.92. The normalized spacial score (nSPS) is 18.1. The molecule has 1 aliphatic rings. The molecule has 0 unspecified atom stereocenters. The maximum Gasteiger partial charge on any atom is 0.243 e. The van der Waals surface area contributed by atoms with Crippen molar-refractivity contribution in [1.29, 1.82) is 0 Å². The summed E-state index contributed by atoms with van der Waals surface area (Å²) in [6.45, 7) is 5.22. The second-order valence-corrected chi connectivity index (χ2v) is 5.10. The van der Waals surface area contributed by atoms with Crippen LogP contribution in [0.25, 0.3) is 0 Å². The SMILES string of the molecule is C=CC(=O)NCc1cccnc1N1CCC[C@@H](C(N)=O)C1. The van der Waals surface area contributed by atoms with Crippen molar-refractivity contribution >= 4 is 17.6 Å². The standard InChI is InChI=1S/C15H20N4O2/c1-2-13(20)18-9-11-5-3-7-17-15(11)19-8-4-6-12(10-19)14(16)21/h2-3,5,7,12H,1,4,6,8-10H2,(H2,16,21)(H,18,20)/t12-/m1/s1. The molecule has 2 amide bonds. The van der Waals surface area contributed by atoms with Gasteiger partial charge in [-0.1, -0.05) is 12.6 Å². The summed E-state index contributed by atoms with van der Waals surface area (Å²) in [5.41, 5.74) is 6.32. The van der Waals surface area contributed by atoms with Gasteiger partial charge in [0, 0.05) is 31.4 Å². The van der Waals surface area contributed by atoms with E-state index in [-0.39, 0.29) is 17.7 Å². The number of nitrogens with two attached hydrogens (primary N) is 1. The fourth-order valence-corrected chi connectivity index (χ4v) is 2.51. The molecule has 0 bridgehead atoms. The van der Waals surface area contributed by atoms with Gasteiger partial charge in [-0.15, -0.1) is 0 Å². The molecule has 112 valence electrons. The van der Waals surface area contributed by atoms with Crippen molar-refractivity contribution in [1.82, 2.24) is 10.3 Å². The molecule has 21 heavy (non-hydrogen) atoms. The Bertz CT molecular complexity index is 544. The van der Waals surface area contributed by atoms with Crippen LogP contribution in [0, 0.1) is 5.92 Å². The van der Waals surface area contributed by atoms with Gasteiger partial charge in [0.2, 0.25) is 11.8 Å². The lowest BCUT2D eigenvalue weighted by molar-refractivity contribution is -0.122. The van der Waals surface area contributed by atoms with E-state index in [9.17, 15) is 9.59 Å². The van der Waals surface area contributed by atoms with Crippen LogP contribution in [-0.2, 0) is 16.1 Å². The molecule has 0 saturated carbocycles. The van der Waals surface area contributed by atoms with Gasteiger partial charge >= 0.3 is 0 Å². The van der Waals surface area contributed by atoms with E-state index < -0.39 is 0 Å². The van der Waals surface area contributed by atoms with E-state index in [1.54, 1.807) is 6.20 Å². The maximum absolute atomic E-state index is 11.4. The minimum absolute atomic E-state index is 0.142. The largest absolute Gasteiger partial charge is 0.369 e. The molecule has 1 aliphatic heterocycles. The molecular weight excluding hydrogens is 268 g/mol. The first kappa shape index (κ1) is 15.0. The molecule has 2 rings (SSSR count). The van der Waals surface area contributed by atoms with Gasteiger partial charge in [0.05, 0.1) is 5.92 Å². The van der Waals surface area contributed by atoms with Crippen LogP contribution in [-0.4, -0.2) is 29.9 Å². The Labute approximate surface area is 124 Å². The molecule has 1 aromatic rings. The Hall–Kier alpha value is -2.37. The molecule has 3 N–H and O–H groups in total. The quantitative estimate of drug-likeness (QED) is 0.776. The zero-order valence-corrected chi connectivity index (χ0v) is 11.9. The van der Waals surface area contributed by atoms with Gasteiger partial charge in [0.25, 0.3) is 0 Å². The summed E-state index contributed by atoms with van der Waals surface area (Å²) in [5, 5.41) is 2.75. The smallest absolute Gasteiger partial charge is 0.243 e. The summed E-state index contributed by atoms with van der Waals surface area (Å²) in [6, 6.07) is 3.74. The van der Waals surface area contributed by atoms with E-state index in [1.165, 1.54) is 6.08 Å². The van der Waals surface area contributed by atoms with Crippen molar-refractivity contribution in [2.45, 2.75) is 19.4 Å². The van der Waals surface area contributed by atoms with E-state index in [2.05, 4.69) is 21.8 Å². The highest BCUT2D eigenvalue weighted by molar-refractivity contribution is 5.86. The number of nitrogens with zero attached hydrogens (tertiary/aromatic N) is 2. The number of hydrogen-bond donors (Lipinski definition) is 2. The van der Waals surface area contributed by atoms with Crippen molar-refractivity contribution in [2.75, 3.05) is 18.0 Å². The number of amides is 2. The topological polar surface area (TPSA) is 88.3 Å². The molecule has 1 aromatic heterocycles. The summed E-state index contributed by atoms with van der Waals surface area (Å²) in [7, 11) is 0. The monoisotopic (exact) mass is 288 g/mol. The van der Waals surface area contributed by atoms with E-state index in [0.717, 1.165) is 30.8 Å². The Morgan fingerprint density at radius 1 is 1.57 bits per heavy atom. The van der Waals surface area contributed by atoms with Gasteiger partial charge in [0.1, 0.15) is 5.82 Å². The molecule has 1 fully saturated rings. The first-order valence-corrected chi connectivity index (χ1v) is 7.00. The number of pyridine rings is 1. The van der Waals surface area contributed by atoms with Crippen LogP contribution in [0.1, 0.15) is 18.4 Å². The molecule has 1 atom stereocenters. The fraction of sp³-hybridized carbons (Fsp3) is 0.400. The highest BCUT2D eigenvalue weighted by Crippen LogP contribution is 2.24. The van der Waals surface area contributed by atoms with Crippen LogP contribution in [0.15, 0.2) is 31.0 Å². The fourth-order valence-electron chi connectivity index (χ4n) is 2.51. The number of carbonyl (C=O) groups is 2. The van der Waals surface area contributed by atoms with Gasteiger partial charge in [-0.2, -0.15) is 0 Å². The molecule has 6 nitrogen and oxygen atoms in total. The van der Waals surface area contributed by atoms with Crippen LogP contribution in [0.4, 0.5) is 5.82 Å². The molecular formula is C15H20N4O2. The average Bonchev–Trinajstić information content (AvgIpc) is 2.53. The molecule has 2 heterocycles. The first-order valence-electron chi connectivity index (χ1n) is 7.00. The van der Waals surface area contributed by atoms with Gasteiger partial charge in [-0.05, 0) is 25.0 Å². The van der Waals surface area contributed by atoms with Gasteiger partial charge in [-0.25, -0.2) is 4.98 Å². The zero-order valence-electron chi connectivity index (χ0n) is 11.9. The van der Waals surface area contributed by atoms with Crippen LogP contribution >= 0.6 is 0 Å². The molecule has 1 saturated heterocycles. The lowest BCUT2D eigenvalue weighted by atomic mass is 9.97. The van der Waals surface area contributed by atoms with Crippen LogP contribution in [0.3, 0.4) is 0 Å². The Balaban J connectivity index is 2.13. The average molecular weight is 288 g/mol. The van der Waals surface area contributed by atoms with E-state index >= 15 is 0 Å². The van der Waals surface area contributed by atoms with Gasteiger partial charge in [-0.3, -0.25) is 9.59 Å². The number of rotatable bonds is 5. The van der Waals surface area contributed by atoms with Crippen LogP contribution in [0.2, 0.25) is 0 Å². The number of aromatic nitrogens is 1. The maximum atomic E-state index is 11.4. The summed E-state index contributed by atoms with van der Waals surface area (Å²) >= 11 is 0. The van der Waals surface area contributed by atoms with Gasteiger partial charge < -0.3 is 16.0 Å². The van der Waals surface area contributed by atoms with Crippen molar-refractivity contribution < 1.29 is 9.59 Å². The van der Waals surface area contributed by atoms with Crippen molar-refractivity contribution in [3.8, 4) is 0 Å². The predicted molar refractivity (Wildman–Crippen MR) is 80.4 cm³/mol. The third-order valence-electron chi connectivity index (χ3n) is 3.63. The number of primary amides is 1. The van der Waals surface area contributed by atoms with Crippen LogP contribution in [0.5, 0.6) is 0 Å². The van der Waals surface area contributed by atoms with E-state index in [1.807, 2.05) is 12.1 Å². The number of hydrogen-bond acceptors (Lipinski definition) is 4. The highest BCUT2D eigenvalue weighted by Gasteiger charge is 2.25. The van der Waals surface area contributed by atoms with Crippen molar-refractivity contribution in [3.05, 3.63) is 36.5 Å². The molecule has 6 heteroatoms. The minimum atomic E-state index is -0.267. The summed E-state index contributed by atoms with van der Waals surface area (Å²) < 4.78 is 0. The third kappa shape index (κ3) is 3.81. The van der Waals surface area contributed by atoms with Crippen LogP contribution < -0.4 is 16.0 Å². The van der Waals surface area contributed by atoms with Crippen molar-refractivity contribution in [2.24, 2.45) is 11.7 Å². The number of anilines is 1. The molecule has 0 radical (unpaired) electrons. The summed E-state index contributed by atoms with van der Waals surface area (Å²) in [6.07, 6.45) is 4.67. The summed E-state index contributed by atoms with van der Waals surface area (Å²) in [5.74, 6) is 0.166. The first-order chi connectivity index (χ1) is 10.1. The molecule has 0 aliphatic carbocycles. The summed E-state index contributed by atoms with van der Waals surface area (Å²) in [4.78, 5) is 29.1. The number of carbonyl (C=O) groups excluding carboxylic acids is 2. The second kappa shape index (κ2) is 6.88. The highest BCUT2D eigenvalue weighted by atomic mass is 16.1. The third-order valence-corrected chi connectivity index (χ3v) is 3.63. The number of nitrogens with one attached hydrogen (secondary N) is 1. The zero-order chi connectivity index (χ0) is 15.2. The molecule has 0 aromatic carbocycles.